The van der Waals surface area contributed by atoms with Gasteiger partial charge in [0.1, 0.15) is 23.7 Å². The molecule has 5 rings (SSSR count). The number of rotatable bonds is 10. The maximum absolute atomic E-state index is 14.5. The summed E-state index contributed by atoms with van der Waals surface area (Å²) in [6.45, 7) is 5.17. The van der Waals surface area contributed by atoms with E-state index in [1.54, 1.807) is 15.9 Å². The highest BCUT2D eigenvalue weighted by Gasteiger charge is 2.73. The lowest BCUT2D eigenvalue weighted by Crippen LogP contribution is -2.56. The smallest absolute Gasteiger partial charge is 0.313 e. The number of amides is 3. The molecule has 2 fully saturated rings. The average Bonchev–Trinajstić information content (AvgIpc) is 3.68. The van der Waals surface area contributed by atoms with Crippen molar-refractivity contribution in [3.8, 4) is 0 Å². The monoisotopic (exact) mass is 621 g/mol. The molecule has 2 N–H and O–H groups in total. The number of allylic oxidation sites excluding steroid dienone is 1. The van der Waals surface area contributed by atoms with E-state index in [4.69, 9.17) is 9.47 Å². The molecule has 244 valence electrons. The van der Waals surface area contributed by atoms with E-state index >= 15 is 0 Å². The van der Waals surface area contributed by atoms with Crippen LogP contribution >= 0.6 is 0 Å². The highest BCUT2D eigenvalue weighted by molar-refractivity contribution is 5.99. The van der Waals surface area contributed by atoms with Crippen LogP contribution in [0.25, 0.3) is 0 Å². The minimum atomic E-state index is -1.28. The molecule has 1 spiro atoms. The van der Waals surface area contributed by atoms with Crippen molar-refractivity contribution in [2.24, 2.45) is 11.8 Å². The third-order valence-electron chi connectivity index (χ3n) is 9.52. The van der Waals surface area contributed by atoms with Crippen molar-refractivity contribution in [2.45, 2.75) is 95.1 Å². The molecular formula is C35H47N3O7. The first-order chi connectivity index (χ1) is 21.8. The fourth-order valence-electron chi connectivity index (χ4n) is 7.29. The number of esters is 1. The molecule has 5 bridgehead atoms. The number of nitrogens with zero attached hydrogens (tertiary/aromatic N) is 2. The molecule has 10 nitrogen and oxygen atoms in total. The Balaban J connectivity index is 1.53. The number of carbonyl (C=O) groups excluding carboxylic acids is 4. The Labute approximate surface area is 265 Å². The first kappa shape index (κ1) is 32.9. The van der Waals surface area contributed by atoms with Crippen LogP contribution in [0.3, 0.4) is 0 Å². The summed E-state index contributed by atoms with van der Waals surface area (Å²) in [5, 5.41) is 12.3. The van der Waals surface area contributed by atoms with Crippen molar-refractivity contribution in [3.05, 3.63) is 60.2 Å². The first-order valence-electron chi connectivity index (χ1n) is 16.6. The summed E-state index contributed by atoms with van der Waals surface area (Å²) in [6, 6.07) is 7.82. The average molecular weight is 622 g/mol. The first-order valence-corrected chi connectivity index (χ1v) is 16.6. The molecule has 0 radical (unpaired) electrons. The Bertz CT molecular complexity index is 1280. The van der Waals surface area contributed by atoms with Gasteiger partial charge in [0.2, 0.25) is 17.7 Å². The van der Waals surface area contributed by atoms with Gasteiger partial charge in [0.25, 0.3) is 0 Å². The van der Waals surface area contributed by atoms with E-state index in [1.807, 2.05) is 55.5 Å². The third kappa shape index (κ3) is 6.72. The topological polar surface area (TPSA) is 125 Å². The Morgan fingerprint density at radius 3 is 2.51 bits per heavy atom. The quantitative estimate of drug-likeness (QED) is 0.233. The van der Waals surface area contributed by atoms with Crippen LogP contribution in [0.4, 0.5) is 0 Å². The number of cyclic esters (lactones) is 1. The van der Waals surface area contributed by atoms with Crippen LogP contribution in [0.1, 0.15) is 76.9 Å². The number of unbranched alkanes of at least 4 members (excludes halogenated alkanes) is 4. The summed E-state index contributed by atoms with van der Waals surface area (Å²) < 4.78 is 12.7. The number of nitrogens with one attached hydrogen (secondary N) is 1. The fraction of sp³-hybridized carbons (Fsp3) is 0.600. The predicted molar refractivity (Wildman–Crippen MR) is 168 cm³/mol. The van der Waals surface area contributed by atoms with Gasteiger partial charge >= 0.3 is 5.97 Å². The van der Waals surface area contributed by atoms with Crippen LogP contribution in [0.5, 0.6) is 0 Å². The molecule has 0 unspecified atom stereocenters. The molecule has 4 aliphatic heterocycles. The van der Waals surface area contributed by atoms with E-state index in [9.17, 15) is 24.3 Å². The number of hydrogen-bond acceptors (Lipinski definition) is 7. The van der Waals surface area contributed by atoms with E-state index in [1.165, 1.54) is 0 Å². The number of carbonyl (C=O) groups is 4. The lowest BCUT2D eigenvalue weighted by molar-refractivity contribution is -0.161. The summed E-state index contributed by atoms with van der Waals surface area (Å²) in [6.07, 6.45) is 11.4. The number of hydrogen-bond donors (Lipinski definition) is 2. The maximum Gasteiger partial charge on any atom is 0.313 e. The van der Waals surface area contributed by atoms with Gasteiger partial charge in [-0.3, -0.25) is 19.2 Å². The largest absolute Gasteiger partial charge is 0.455 e. The molecule has 0 saturated carbocycles. The Hall–Kier alpha value is -3.50. The highest BCUT2D eigenvalue weighted by Crippen LogP contribution is 2.56. The van der Waals surface area contributed by atoms with Crippen LogP contribution < -0.4 is 5.32 Å². The van der Waals surface area contributed by atoms with Crippen LogP contribution in [-0.2, 0) is 28.7 Å². The Morgan fingerprint density at radius 2 is 1.76 bits per heavy atom. The van der Waals surface area contributed by atoms with Crippen molar-refractivity contribution >= 4 is 23.7 Å². The van der Waals surface area contributed by atoms with E-state index in [2.05, 4.69) is 12.2 Å². The zero-order valence-electron chi connectivity index (χ0n) is 26.4. The molecule has 7 atom stereocenters. The molecule has 1 aromatic rings. The van der Waals surface area contributed by atoms with Crippen molar-refractivity contribution < 1.29 is 33.8 Å². The van der Waals surface area contributed by atoms with Crippen LogP contribution in [0, 0.1) is 11.8 Å². The normalized spacial score (nSPS) is 32.5. The van der Waals surface area contributed by atoms with Crippen molar-refractivity contribution in [1.82, 2.24) is 15.1 Å². The molecule has 45 heavy (non-hydrogen) atoms. The lowest BCUT2D eigenvalue weighted by atomic mass is 9.74. The van der Waals surface area contributed by atoms with E-state index in [0.29, 0.717) is 45.3 Å². The van der Waals surface area contributed by atoms with Gasteiger partial charge in [0, 0.05) is 32.7 Å². The van der Waals surface area contributed by atoms with Gasteiger partial charge in [-0.05, 0) is 44.6 Å². The highest BCUT2D eigenvalue weighted by atomic mass is 16.6. The zero-order valence-corrected chi connectivity index (χ0v) is 26.4. The molecule has 4 heterocycles. The van der Waals surface area contributed by atoms with Gasteiger partial charge in [-0.2, -0.15) is 0 Å². The van der Waals surface area contributed by atoms with Crippen molar-refractivity contribution in [2.75, 3.05) is 26.2 Å². The van der Waals surface area contributed by atoms with E-state index < -0.39 is 47.7 Å². The minimum absolute atomic E-state index is 0.0588. The molecule has 2 saturated heterocycles. The molecular weight excluding hydrogens is 574 g/mol. The zero-order chi connectivity index (χ0) is 32.0. The Morgan fingerprint density at radius 1 is 0.978 bits per heavy atom. The molecule has 0 aromatic heterocycles. The number of aliphatic hydroxyl groups excluding tert-OH is 1. The van der Waals surface area contributed by atoms with Crippen molar-refractivity contribution in [1.29, 1.82) is 0 Å². The second kappa shape index (κ2) is 14.7. The van der Waals surface area contributed by atoms with Gasteiger partial charge in [0.05, 0.1) is 18.1 Å². The minimum Gasteiger partial charge on any atom is -0.455 e. The lowest BCUT2D eigenvalue weighted by Gasteiger charge is -2.36. The van der Waals surface area contributed by atoms with Crippen LogP contribution in [0.15, 0.2) is 54.6 Å². The summed E-state index contributed by atoms with van der Waals surface area (Å²) in [4.78, 5) is 59.3. The fourth-order valence-corrected chi connectivity index (χ4v) is 7.29. The molecule has 10 heteroatoms. The van der Waals surface area contributed by atoms with Gasteiger partial charge in [-0.15, -0.1) is 0 Å². The van der Waals surface area contributed by atoms with Gasteiger partial charge in [0.15, 0.2) is 0 Å². The summed E-state index contributed by atoms with van der Waals surface area (Å²) in [5.74, 6) is -3.07. The van der Waals surface area contributed by atoms with Gasteiger partial charge in [-0.25, -0.2) is 0 Å². The number of fused-ring (bicyclic) bond motifs is 2. The van der Waals surface area contributed by atoms with Gasteiger partial charge < -0.3 is 29.7 Å². The van der Waals surface area contributed by atoms with Crippen molar-refractivity contribution in [3.63, 3.8) is 0 Å². The predicted octanol–water partition coefficient (Wildman–Crippen LogP) is 3.46. The van der Waals surface area contributed by atoms with E-state index in [-0.39, 0.29) is 30.7 Å². The van der Waals surface area contributed by atoms with Gasteiger partial charge in [-0.1, -0.05) is 74.4 Å². The second-order valence-corrected chi connectivity index (χ2v) is 12.6. The summed E-state index contributed by atoms with van der Waals surface area (Å²) >= 11 is 0. The summed E-state index contributed by atoms with van der Waals surface area (Å²) in [5.41, 5.74) is -0.549. The Kier molecular flexibility index (Phi) is 10.8. The van der Waals surface area contributed by atoms with Crippen LogP contribution in [0.2, 0.25) is 0 Å². The number of benzene rings is 1. The maximum atomic E-state index is 14.5. The number of aliphatic hydroxyl groups is 1. The third-order valence-corrected chi connectivity index (χ3v) is 9.52. The number of ether oxygens (including phenoxy) is 2. The molecule has 4 aliphatic rings. The molecule has 3 amide bonds. The number of likely N-dealkylation sites (tertiary alicyclic amines) is 1. The van der Waals surface area contributed by atoms with E-state index in [0.717, 1.165) is 24.8 Å². The molecule has 0 aliphatic carbocycles. The van der Waals surface area contributed by atoms with Crippen LogP contribution in [-0.4, -0.2) is 88.6 Å². The summed E-state index contributed by atoms with van der Waals surface area (Å²) in [7, 11) is 0. The standard InChI is InChI=1S/C35H47N3O7/c1-3-4-11-20-37-21-12-6-10-17-27(40)36-24(2)30(25-15-8-5-9-16-25)44-34(43)28-26-18-19-35(45-26)29(28)32(41)38(31(35)33(37)42)22-13-7-14-23-39/h5-6,8-9,12,15-16,18-19,24,26,28-31,39H,3-4,7,10-11,13-14,17,20-23H2,1-2H3,(H,36,40)/b12-6-/t24-,26+,28-,29-,30+,31+,35-/m1/s1. The molecule has 1 aromatic carbocycles. The second-order valence-electron chi connectivity index (χ2n) is 12.6. The SMILES string of the molecule is CCCCCN1C/C=C\CCC(=O)N[C@H](C)[C@@H](c2ccccc2)OC(=O)[C@@H]2[C@@H]3C=C[C@]4(O3)[C@H](C1=O)N(CCCCCO)C(=O)[C@@H]24.